The van der Waals surface area contributed by atoms with Crippen LogP contribution in [0.25, 0.3) is 0 Å². The van der Waals surface area contributed by atoms with Gasteiger partial charge in [-0.05, 0) is 38.2 Å². The Hall–Kier alpha value is -1.58. The zero-order valence-corrected chi connectivity index (χ0v) is 11.3. The van der Waals surface area contributed by atoms with Crippen molar-refractivity contribution in [2.24, 2.45) is 17.3 Å². The maximum absolute atomic E-state index is 12.3. The predicted octanol–water partition coefficient (Wildman–Crippen LogP) is 2.85. The van der Waals surface area contributed by atoms with Crippen LogP contribution in [0.1, 0.15) is 39.5 Å². The number of aliphatic hydroxyl groups excluding tert-OH is 2. The molecule has 0 spiro atoms. The largest absolute Gasteiger partial charge is 0.515 e. The van der Waals surface area contributed by atoms with Crippen LogP contribution in [-0.2, 0) is 9.59 Å². The third kappa shape index (κ3) is 1.90. The molecule has 19 heavy (non-hydrogen) atoms. The summed E-state index contributed by atoms with van der Waals surface area (Å²) in [6, 6.07) is 0. The molecule has 0 aromatic rings. The van der Waals surface area contributed by atoms with E-state index in [9.17, 15) is 14.7 Å². The maximum Gasteiger partial charge on any atom is 0.200 e. The van der Waals surface area contributed by atoms with E-state index >= 15 is 0 Å². The maximum atomic E-state index is 12.3. The lowest BCUT2D eigenvalue weighted by Crippen LogP contribution is -2.48. The number of rotatable bonds is 2. The molecule has 2 N–H and O–H groups in total. The molecule has 1 fully saturated rings. The van der Waals surface area contributed by atoms with Gasteiger partial charge in [-0.15, -0.1) is 0 Å². The normalized spacial score (nSPS) is 35.6. The van der Waals surface area contributed by atoms with Crippen molar-refractivity contribution in [3.8, 4) is 0 Å². The molecule has 0 aromatic heterocycles. The van der Waals surface area contributed by atoms with Gasteiger partial charge in [0.2, 0.25) is 0 Å². The second-order valence-corrected chi connectivity index (χ2v) is 5.72. The summed E-state index contributed by atoms with van der Waals surface area (Å²) < 4.78 is 0. The highest BCUT2D eigenvalue weighted by Crippen LogP contribution is 2.52. The first-order valence-corrected chi connectivity index (χ1v) is 6.74. The minimum atomic E-state index is -0.887. The van der Waals surface area contributed by atoms with Crippen molar-refractivity contribution in [1.29, 1.82) is 0 Å². The van der Waals surface area contributed by atoms with Gasteiger partial charge in [0.25, 0.3) is 0 Å². The molecule has 0 amide bonds. The van der Waals surface area contributed by atoms with Crippen LogP contribution >= 0.6 is 0 Å². The summed E-state index contributed by atoms with van der Waals surface area (Å²) in [7, 11) is 0. The molecule has 0 radical (unpaired) electrons. The SMILES string of the molecule is CC1=C(O)C(=O)[C@@H]2CCCC[C@H]2[C@]1(C)C(=O)/C=C\O. The molecule has 0 saturated heterocycles. The topological polar surface area (TPSA) is 74.6 Å². The van der Waals surface area contributed by atoms with E-state index in [1.165, 1.54) is 0 Å². The van der Waals surface area contributed by atoms with Gasteiger partial charge in [0, 0.05) is 12.0 Å². The Kier molecular flexibility index (Phi) is 3.52. The molecule has 2 aliphatic rings. The molecule has 4 heteroatoms. The van der Waals surface area contributed by atoms with E-state index in [0.29, 0.717) is 5.57 Å². The van der Waals surface area contributed by atoms with Crippen molar-refractivity contribution < 1.29 is 19.8 Å². The van der Waals surface area contributed by atoms with Crippen molar-refractivity contribution in [3.63, 3.8) is 0 Å². The Morgan fingerprint density at radius 1 is 1.37 bits per heavy atom. The number of fused-ring (bicyclic) bond motifs is 1. The van der Waals surface area contributed by atoms with Gasteiger partial charge in [-0.1, -0.05) is 12.8 Å². The lowest BCUT2D eigenvalue weighted by atomic mass is 9.55. The third-order valence-electron chi connectivity index (χ3n) is 4.95. The summed E-state index contributed by atoms with van der Waals surface area (Å²) in [5, 5.41) is 18.9. The Morgan fingerprint density at radius 3 is 2.63 bits per heavy atom. The van der Waals surface area contributed by atoms with Crippen LogP contribution in [0.15, 0.2) is 23.7 Å². The van der Waals surface area contributed by atoms with Crippen LogP contribution in [0.2, 0.25) is 0 Å². The minimum absolute atomic E-state index is 0.0756. The number of allylic oxidation sites excluding steroid dienone is 3. The first-order valence-electron chi connectivity index (χ1n) is 6.74. The van der Waals surface area contributed by atoms with Gasteiger partial charge < -0.3 is 10.2 Å². The van der Waals surface area contributed by atoms with Crippen LogP contribution in [0.3, 0.4) is 0 Å². The Bertz CT molecular complexity index is 475. The number of Topliss-reactive ketones (excluding diaryl/α,β-unsaturated/α-hetero) is 1. The average molecular weight is 264 g/mol. The second kappa shape index (κ2) is 4.83. The van der Waals surface area contributed by atoms with Crippen LogP contribution in [0.4, 0.5) is 0 Å². The monoisotopic (exact) mass is 264 g/mol. The van der Waals surface area contributed by atoms with E-state index in [1.807, 2.05) is 0 Å². The lowest BCUT2D eigenvalue weighted by molar-refractivity contribution is -0.134. The van der Waals surface area contributed by atoms with Crippen molar-refractivity contribution in [2.45, 2.75) is 39.5 Å². The molecule has 0 aromatic carbocycles. The lowest BCUT2D eigenvalue weighted by Gasteiger charge is -2.46. The van der Waals surface area contributed by atoms with Crippen molar-refractivity contribution >= 4 is 11.6 Å². The van der Waals surface area contributed by atoms with E-state index < -0.39 is 5.41 Å². The molecule has 0 bridgehead atoms. The summed E-state index contributed by atoms with van der Waals surface area (Å²) >= 11 is 0. The molecule has 104 valence electrons. The van der Waals surface area contributed by atoms with E-state index in [4.69, 9.17) is 5.11 Å². The van der Waals surface area contributed by atoms with Gasteiger partial charge in [-0.2, -0.15) is 0 Å². The number of ketones is 2. The molecular weight excluding hydrogens is 244 g/mol. The predicted molar refractivity (Wildman–Crippen MR) is 70.7 cm³/mol. The molecule has 0 heterocycles. The molecule has 2 aliphatic carbocycles. The van der Waals surface area contributed by atoms with Crippen LogP contribution in [0.5, 0.6) is 0 Å². The number of carbonyl (C=O) groups is 2. The Balaban J connectivity index is 2.55. The highest BCUT2D eigenvalue weighted by molar-refractivity contribution is 6.04. The summed E-state index contributed by atoms with van der Waals surface area (Å²) in [6.45, 7) is 3.41. The standard InChI is InChI=1S/C15H20O4/c1-9-13(18)14(19)10-5-3-4-6-11(10)15(9,2)12(17)7-8-16/h7-8,10-11,16,18H,3-6H2,1-2H3/b8-7-/t10-,11-,15-/m1/s1. The summed E-state index contributed by atoms with van der Waals surface area (Å²) in [4.78, 5) is 24.5. The number of hydrogen-bond acceptors (Lipinski definition) is 4. The van der Waals surface area contributed by atoms with Gasteiger partial charge in [-0.25, -0.2) is 0 Å². The summed E-state index contributed by atoms with van der Waals surface area (Å²) in [5.74, 6) is -1.07. The molecule has 4 nitrogen and oxygen atoms in total. The summed E-state index contributed by atoms with van der Waals surface area (Å²) in [5.41, 5.74) is -0.453. The molecule has 2 rings (SSSR count). The Labute approximate surface area is 112 Å². The van der Waals surface area contributed by atoms with Gasteiger partial charge >= 0.3 is 0 Å². The summed E-state index contributed by atoms with van der Waals surface area (Å²) in [6.07, 6.45) is 5.34. The molecule has 0 aliphatic heterocycles. The molecule has 3 atom stereocenters. The van der Waals surface area contributed by atoms with E-state index in [1.54, 1.807) is 13.8 Å². The van der Waals surface area contributed by atoms with Crippen LogP contribution in [-0.4, -0.2) is 21.8 Å². The zero-order valence-electron chi connectivity index (χ0n) is 11.3. The fourth-order valence-electron chi connectivity index (χ4n) is 3.63. The van der Waals surface area contributed by atoms with E-state index in [-0.39, 0.29) is 29.2 Å². The van der Waals surface area contributed by atoms with Crippen molar-refractivity contribution in [2.75, 3.05) is 0 Å². The second-order valence-electron chi connectivity index (χ2n) is 5.72. The smallest absolute Gasteiger partial charge is 0.200 e. The fourth-order valence-corrected chi connectivity index (χ4v) is 3.63. The minimum Gasteiger partial charge on any atom is -0.515 e. The average Bonchev–Trinajstić information content (AvgIpc) is 2.43. The molecular formula is C15H20O4. The first kappa shape index (κ1) is 13.8. The number of hydrogen-bond donors (Lipinski definition) is 2. The zero-order chi connectivity index (χ0) is 14.2. The number of aliphatic hydroxyl groups is 2. The fraction of sp³-hybridized carbons (Fsp3) is 0.600. The van der Waals surface area contributed by atoms with Gasteiger partial charge in [0.15, 0.2) is 17.3 Å². The molecule has 1 saturated carbocycles. The highest BCUT2D eigenvalue weighted by atomic mass is 16.3. The van der Waals surface area contributed by atoms with Crippen LogP contribution < -0.4 is 0 Å². The van der Waals surface area contributed by atoms with E-state index in [0.717, 1.165) is 38.0 Å². The van der Waals surface area contributed by atoms with Crippen molar-refractivity contribution in [1.82, 2.24) is 0 Å². The third-order valence-corrected chi connectivity index (χ3v) is 4.95. The molecule has 0 unspecified atom stereocenters. The van der Waals surface area contributed by atoms with E-state index in [2.05, 4.69) is 0 Å². The first-order chi connectivity index (χ1) is 8.94. The van der Waals surface area contributed by atoms with Gasteiger partial charge in [0.1, 0.15) is 0 Å². The van der Waals surface area contributed by atoms with Crippen molar-refractivity contribution in [3.05, 3.63) is 23.7 Å². The number of carbonyl (C=O) groups excluding carboxylic acids is 2. The van der Waals surface area contributed by atoms with Crippen LogP contribution in [0, 0.1) is 17.3 Å². The Morgan fingerprint density at radius 2 is 2.00 bits per heavy atom. The highest BCUT2D eigenvalue weighted by Gasteiger charge is 2.53. The van der Waals surface area contributed by atoms with Gasteiger partial charge in [-0.3, -0.25) is 9.59 Å². The van der Waals surface area contributed by atoms with Gasteiger partial charge in [0.05, 0.1) is 11.7 Å². The quantitative estimate of drug-likeness (QED) is 0.594.